The highest BCUT2D eigenvalue weighted by Crippen LogP contribution is 2.46. The molecule has 1 saturated carbocycles. The fraction of sp³-hybridized carbons (Fsp3) is 0.929. The summed E-state index contributed by atoms with van der Waals surface area (Å²) in [7, 11) is 0.859. The Balaban J connectivity index is 1.82. The van der Waals surface area contributed by atoms with Crippen LogP contribution in [-0.2, 0) is 14.6 Å². The summed E-state index contributed by atoms with van der Waals surface area (Å²) in [6, 6.07) is 0. The summed E-state index contributed by atoms with van der Waals surface area (Å²) < 4.78 is 28.4. The van der Waals surface area contributed by atoms with Gasteiger partial charge in [0.1, 0.15) is 9.84 Å². The number of aliphatic imine (C=N–C) groups is 1. The minimum Gasteiger partial charge on any atom is -0.381 e. The molecule has 0 spiro atoms. The fourth-order valence-electron chi connectivity index (χ4n) is 2.96. The van der Waals surface area contributed by atoms with Crippen molar-refractivity contribution in [3.8, 4) is 0 Å². The first-order valence-corrected chi connectivity index (χ1v) is 9.57. The lowest BCUT2D eigenvalue weighted by atomic mass is 10.1. The highest BCUT2D eigenvalue weighted by molar-refractivity contribution is 7.90. The van der Waals surface area contributed by atoms with Crippen LogP contribution in [0.1, 0.15) is 19.3 Å². The van der Waals surface area contributed by atoms with Crippen LogP contribution in [0.5, 0.6) is 0 Å². The van der Waals surface area contributed by atoms with Gasteiger partial charge in [-0.1, -0.05) is 0 Å². The molecule has 0 radical (unpaired) electrons. The number of nitrogens with one attached hydrogen (secondary N) is 1. The standard InChI is InChI=1S/C14H27N3O3S/c1-15-13(17(2)8-12-4-7-20-9-12)16-10-14(5-6-14)11-21(3,18)19/h12H,4-11H2,1-3H3,(H,15,16). The minimum absolute atomic E-state index is 0.0825. The lowest BCUT2D eigenvalue weighted by molar-refractivity contribution is 0.181. The number of sulfone groups is 1. The van der Waals surface area contributed by atoms with Gasteiger partial charge in [0.2, 0.25) is 0 Å². The molecule has 1 aliphatic heterocycles. The van der Waals surface area contributed by atoms with Gasteiger partial charge in [0.05, 0.1) is 12.4 Å². The van der Waals surface area contributed by atoms with Crippen LogP contribution in [0.15, 0.2) is 4.99 Å². The van der Waals surface area contributed by atoms with Gasteiger partial charge in [0.15, 0.2) is 5.96 Å². The molecule has 1 heterocycles. The summed E-state index contributed by atoms with van der Waals surface area (Å²) in [4.78, 5) is 6.41. The van der Waals surface area contributed by atoms with Gasteiger partial charge in [-0.3, -0.25) is 4.99 Å². The van der Waals surface area contributed by atoms with Gasteiger partial charge in [0.25, 0.3) is 0 Å². The molecule has 0 amide bonds. The Labute approximate surface area is 127 Å². The van der Waals surface area contributed by atoms with Crippen molar-refractivity contribution in [2.24, 2.45) is 16.3 Å². The molecule has 2 aliphatic rings. The molecular formula is C14H27N3O3S. The third-order valence-corrected chi connectivity index (χ3v) is 5.41. The van der Waals surface area contributed by atoms with Crippen LogP contribution < -0.4 is 5.32 Å². The molecule has 1 unspecified atom stereocenters. The van der Waals surface area contributed by atoms with E-state index >= 15 is 0 Å². The summed E-state index contributed by atoms with van der Waals surface area (Å²) in [5.41, 5.74) is -0.0825. The number of hydrogen-bond acceptors (Lipinski definition) is 4. The van der Waals surface area contributed by atoms with Gasteiger partial charge in [-0.15, -0.1) is 0 Å². The Morgan fingerprint density at radius 2 is 2.19 bits per heavy atom. The SMILES string of the molecule is CN=C(NCC1(CS(C)(=O)=O)CC1)N(C)CC1CCOC1. The van der Waals surface area contributed by atoms with Crippen LogP contribution in [0.25, 0.3) is 0 Å². The summed E-state index contributed by atoms with van der Waals surface area (Å²) in [5, 5.41) is 3.34. The first kappa shape index (κ1) is 16.5. The van der Waals surface area contributed by atoms with Crippen LogP contribution in [-0.4, -0.2) is 71.7 Å². The number of ether oxygens (including phenoxy) is 1. The second-order valence-electron chi connectivity index (χ2n) is 6.58. The zero-order valence-electron chi connectivity index (χ0n) is 13.3. The third kappa shape index (κ3) is 5.14. The predicted octanol–water partition coefficient (Wildman–Crippen LogP) is 0.355. The van der Waals surface area contributed by atoms with Crippen LogP contribution in [0.4, 0.5) is 0 Å². The van der Waals surface area contributed by atoms with E-state index in [1.807, 2.05) is 7.05 Å². The summed E-state index contributed by atoms with van der Waals surface area (Å²) in [6.45, 7) is 3.26. The van der Waals surface area contributed by atoms with Crippen LogP contribution in [0.2, 0.25) is 0 Å². The summed E-state index contributed by atoms with van der Waals surface area (Å²) >= 11 is 0. The van der Waals surface area contributed by atoms with Crippen molar-refractivity contribution >= 4 is 15.8 Å². The normalized spacial score (nSPS) is 24.9. The van der Waals surface area contributed by atoms with Crippen LogP contribution in [0.3, 0.4) is 0 Å². The molecule has 1 atom stereocenters. The molecule has 1 aliphatic carbocycles. The molecule has 0 bridgehead atoms. The van der Waals surface area contributed by atoms with E-state index in [2.05, 4.69) is 15.2 Å². The van der Waals surface area contributed by atoms with Crippen molar-refractivity contribution in [3.05, 3.63) is 0 Å². The van der Waals surface area contributed by atoms with E-state index < -0.39 is 9.84 Å². The van der Waals surface area contributed by atoms with Crippen molar-refractivity contribution in [2.45, 2.75) is 19.3 Å². The zero-order valence-corrected chi connectivity index (χ0v) is 14.1. The Morgan fingerprint density at radius 3 is 2.67 bits per heavy atom. The molecule has 6 nitrogen and oxygen atoms in total. The molecule has 2 fully saturated rings. The van der Waals surface area contributed by atoms with Gasteiger partial charge < -0.3 is 15.0 Å². The average Bonchev–Trinajstić information content (AvgIpc) is 2.93. The number of nitrogens with zero attached hydrogens (tertiary/aromatic N) is 2. The Hall–Kier alpha value is -0.820. The second-order valence-corrected chi connectivity index (χ2v) is 8.72. The highest BCUT2D eigenvalue weighted by atomic mass is 32.2. The van der Waals surface area contributed by atoms with E-state index in [1.165, 1.54) is 6.26 Å². The van der Waals surface area contributed by atoms with Crippen molar-refractivity contribution in [1.29, 1.82) is 0 Å². The van der Waals surface area contributed by atoms with Gasteiger partial charge >= 0.3 is 0 Å². The fourth-order valence-corrected chi connectivity index (χ4v) is 4.46. The number of rotatable bonds is 6. The first-order chi connectivity index (χ1) is 9.84. The van der Waals surface area contributed by atoms with Gasteiger partial charge in [-0.05, 0) is 19.3 Å². The number of hydrogen-bond donors (Lipinski definition) is 1. The quantitative estimate of drug-likeness (QED) is 0.565. The van der Waals surface area contributed by atoms with E-state index in [9.17, 15) is 8.42 Å². The predicted molar refractivity (Wildman–Crippen MR) is 84.3 cm³/mol. The maximum atomic E-state index is 11.5. The maximum Gasteiger partial charge on any atom is 0.193 e. The first-order valence-electron chi connectivity index (χ1n) is 7.51. The van der Waals surface area contributed by atoms with Crippen molar-refractivity contribution in [3.63, 3.8) is 0 Å². The summed E-state index contributed by atoms with van der Waals surface area (Å²) in [6.07, 6.45) is 4.36. The van der Waals surface area contributed by atoms with Gasteiger partial charge in [-0.25, -0.2) is 8.42 Å². The smallest absolute Gasteiger partial charge is 0.193 e. The number of guanidine groups is 1. The van der Waals surface area contributed by atoms with E-state index in [0.717, 1.165) is 45.0 Å². The van der Waals surface area contributed by atoms with E-state index in [-0.39, 0.29) is 11.2 Å². The Kier molecular flexibility index (Phi) is 5.14. The minimum atomic E-state index is -2.92. The maximum absolute atomic E-state index is 11.5. The van der Waals surface area contributed by atoms with E-state index in [1.54, 1.807) is 7.05 Å². The Morgan fingerprint density at radius 1 is 1.48 bits per heavy atom. The molecule has 0 aromatic heterocycles. The molecule has 0 aromatic rings. The molecule has 0 aromatic carbocycles. The summed E-state index contributed by atoms with van der Waals surface area (Å²) in [5.74, 6) is 1.66. The average molecular weight is 317 g/mol. The Bertz CT molecular complexity index is 480. The second kappa shape index (κ2) is 6.52. The molecule has 1 saturated heterocycles. The molecule has 2 rings (SSSR count). The van der Waals surface area contributed by atoms with E-state index in [4.69, 9.17) is 4.74 Å². The van der Waals surface area contributed by atoms with E-state index in [0.29, 0.717) is 12.5 Å². The molecule has 1 N–H and O–H groups in total. The van der Waals surface area contributed by atoms with Gasteiger partial charge in [0, 0.05) is 51.4 Å². The third-order valence-electron chi connectivity index (χ3n) is 4.28. The monoisotopic (exact) mass is 317 g/mol. The molecule has 21 heavy (non-hydrogen) atoms. The molecule has 7 heteroatoms. The topological polar surface area (TPSA) is 71.0 Å². The highest BCUT2D eigenvalue weighted by Gasteiger charge is 2.45. The van der Waals surface area contributed by atoms with Crippen LogP contribution in [0, 0.1) is 11.3 Å². The molecular weight excluding hydrogens is 290 g/mol. The largest absolute Gasteiger partial charge is 0.381 e. The van der Waals surface area contributed by atoms with Gasteiger partial charge in [-0.2, -0.15) is 0 Å². The lowest BCUT2D eigenvalue weighted by Crippen LogP contribution is -2.44. The lowest BCUT2D eigenvalue weighted by Gasteiger charge is -2.26. The van der Waals surface area contributed by atoms with Crippen molar-refractivity contribution in [2.75, 3.05) is 52.4 Å². The van der Waals surface area contributed by atoms with Crippen molar-refractivity contribution in [1.82, 2.24) is 10.2 Å². The molecule has 122 valence electrons. The van der Waals surface area contributed by atoms with Crippen LogP contribution >= 0.6 is 0 Å². The van der Waals surface area contributed by atoms with Crippen molar-refractivity contribution < 1.29 is 13.2 Å². The zero-order chi connectivity index (χ0) is 15.5.